The Morgan fingerprint density at radius 3 is 2.47 bits per heavy atom. The van der Waals surface area contributed by atoms with Crippen LogP contribution in [0.4, 0.5) is 13.2 Å². The van der Waals surface area contributed by atoms with Crippen LogP contribution in [0, 0.1) is 5.92 Å². The molecule has 1 aliphatic carbocycles. The highest BCUT2D eigenvalue weighted by atomic mass is 19.4. The van der Waals surface area contributed by atoms with Crippen molar-refractivity contribution in [1.82, 2.24) is 10.2 Å². The van der Waals surface area contributed by atoms with E-state index < -0.39 is 12.6 Å². The average molecular weight is 278 g/mol. The molecule has 0 bridgehead atoms. The molecular weight excluding hydrogens is 253 g/mol. The van der Waals surface area contributed by atoms with Gasteiger partial charge in [0.25, 0.3) is 0 Å². The SMILES string of the molecule is CC1CN(CCC(F)(F)F)C(C2CCCCC2)CN1. The van der Waals surface area contributed by atoms with Crippen molar-refractivity contribution in [2.24, 2.45) is 5.92 Å². The molecule has 0 radical (unpaired) electrons. The van der Waals surface area contributed by atoms with Crippen molar-refractivity contribution in [3.05, 3.63) is 0 Å². The molecule has 2 unspecified atom stereocenters. The van der Waals surface area contributed by atoms with Gasteiger partial charge in [0.15, 0.2) is 0 Å². The first-order valence-corrected chi connectivity index (χ1v) is 7.50. The van der Waals surface area contributed by atoms with Crippen LogP contribution in [0.25, 0.3) is 0 Å². The number of alkyl halides is 3. The summed E-state index contributed by atoms with van der Waals surface area (Å²) in [7, 11) is 0. The first kappa shape index (κ1) is 15.1. The third kappa shape index (κ3) is 4.63. The predicted octanol–water partition coefficient (Wildman–Crippen LogP) is 3.18. The van der Waals surface area contributed by atoms with Crippen molar-refractivity contribution < 1.29 is 13.2 Å². The maximum Gasteiger partial charge on any atom is 0.390 e. The Balaban J connectivity index is 1.93. The quantitative estimate of drug-likeness (QED) is 0.853. The van der Waals surface area contributed by atoms with Crippen molar-refractivity contribution in [2.45, 2.75) is 63.7 Å². The lowest BCUT2D eigenvalue weighted by Crippen LogP contribution is -2.58. The monoisotopic (exact) mass is 278 g/mol. The Labute approximate surface area is 113 Å². The van der Waals surface area contributed by atoms with Gasteiger partial charge in [0, 0.05) is 31.7 Å². The van der Waals surface area contributed by atoms with Crippen molar-refractivity contribution in [2.75, 3.05) is 19.6 Å². The molecular formula is C14H25F3N2. The summed E-state index contributed by atoms with van der Waals surface area (Å²) in [5, 5.41) is 3.43. The van der Waals surface area contributed by atoms with Crippen molar-refractivity contribution >= 4 is 0 Å². The van der Waals surface area contributed by atoms with E-state index in [1.807, 2.05) is 0 Å². The number of halogens is 3. The van der Waals surface area contributed by atoms with E-state index in [0.717, 1.165) is 13.1 Å². The van der Waals surface area contributed by atoms with E-state index in [0.29, 0.717) is 18.0 Å². The van der Waals surface area contributed by atoms with Crippen molar-refractivity contribution in [3.8, 4) is 0 Å². The first-order chi connectivity index (χ1) is 8.96. The van der Waals surface area contributed by atoms with Crippen LogP contribution in [0.5, 0.6) is 0 Å². The minimum Gasteiger partial charge on any atom is -0.311 e. The lowest BCUT2D eigenvalue weighted by Gasteiger charge is -2.44. The number of nitrogens with one attached hydrogen (secondary N) is 1. The second kappa shape index (κ2) is 6.44. The van der Waals surface area contributed by atoms with E-state index in [1.165, 1.54) is 32.1 Å². The molecule has 1 heterocycles. The summed E-state index contributed by atoms with van der Waals surface area (Å²) in [6.07, 6.45) is 1.42. The van der Waals surface area contributed by atoms with Gasteiger partial charge in [-0.1, -0.05) is 19.3 Å². The van der Waals surface area contributed by atoms with E-state index in [4.69, 9.17) is 0 Å². The largest absolute Gasteiger partial charge is 0.390 e. The highest BCUT2D eigenvalue weighted by Crippen LogP contribution is 2.31. The molecule has 5 heteroatoms. The smallest absolute Gasteiger partial charge is 0.311 e. The Kier molecular flexibility index (Phi) is 5.12. The summed E-state index contributed by atoms with van der Waals surface area (Å²) in [5.41, 5.74) is 0. The maximum atomic E-state index is 12.4. The van der Waals surface area contributed by atoms with Crippen LogP contribution in [0.1, 0.15) is 45.4 Å². The molecule has 0 aromatic rings. The summed E-state index contributed by atoms with van der Waals surface area (Å²) in [6, 6.07) is 0.604. The van der Waals surface area contributed by atoms with Crippen LogP contribution in [-0.2, 0) is 0 Å². The van der Waals surface area contributed by atoms with E-state index in [1.54, 1.807) is 0 Å². The summed E-state index contributed by atoms with van der Waals surface area (Å²) in [6.45, 7) is 3.81. The summed E-state index contributed by atoms with van der Waals surface area (Å²) < 4.78 is 37.3. The molecule has 1 N–H and O–H groups in total. The second-order valence-corrected chi connectivity index (χ2v) is 6.13. The Hall–Kier alpha value is -0.290. The first-order valence-electron chi connectivity index (χ1n) is 7.50. The molecule has 0 amide bonds. The lowest BCUT2D eigenvalue weighted by atomic mass is 9.82. The van der Waals surface area contributed by atoms with Gasteiger partial charge in [-0.3, -0.25) is 4.90 Å². The van der Waals surface area contributed by atoms with Gasteiger partial charge in [0.1, 0.15) is 0 Å². The van der Waals surface area contributed by atoms with Crippen molar-refractivity contribution in [3.63, 3.8) is 0 Å². The molecule has 1 aliphatic heterocycles. The van der Waals surface area contributed by atoms with Gasteiger partial charge in [-0.15, -0.1) is 0 Å². The van der Waals surface area contributed by atoms with E-state index in [2.05, 4.69) is 17.1 Å². The van der Waals surface area contributed by atoms with Gasteiger partial charge in [-0.2, -0.15) is 13.2 Å². The fraction of sp³-hybridized carbons (Fsp3) is 1.00. The molecule has 2 rings (SSSR count). The average Bonchev–Trinajstić information content (AvgIpc) is 2.37. The van der Waals surface area contributed by atoms with Gasteiger partial charge in [0.2, 0.25) is 0 Å². The Morgan fingerprint density at radius 2 is 1.84 bits per heavy atom. The second-order valence-electron chi connectivity index (χ2n) is 6.13. The van der Waals surface area contributed by atoms with Crippen LogP contribution in [0.15, 0.2) is 0 Å². The number of rotatable bonds is 3. The number of hydrogen-bond donors (Lipinski definition) is 1. The zero-order valence-corrected chi connectivity index (χ0v) is 11.7. The third-order valence-electron chi connectivity index (χ3n) is 4.53. The summed E-state index contributed by atoms with van der Waals surface area (Å²) >= 11 is 0. The molecule has 0 aromatic carbocycles. The predicted molar refractivity (Wildman–Crippen MR) is 70.1 cm³/mol. The van der Waals surface area contributed by atoms with E-state index in [-0.39, 0.29) is 6.54 Å². The Bertz CT molecular complexity index is 274. The van der Waals surface area contributed by atoms with E-state index in [9.17, 15) is 13.2 Å². The summed E-state index contributed by atoms with van der Waals surface area (Å²) in [5.74, 6) is 0.585. The molecule has 2 nitrogen and oxygen atoms in total. The number of nitrogens with zero attached hydrogens (tertiary/aromatic N) is 1. The van der Waals surface area contributed by atoms with Crippen LogP contribution in [-0.4, -0.2) is 42.8 Å². The molecule has 1 saturated carbocycles. The minimum absolute atomic E-state index is 0.163. The highest BCUT2D eigenvalue weighted by Gasteiger charge is 2.35. The van der Waals surface area contributed by atoms with Crippen LogP contribution in [0.3, 0.4) is 0 Å². The van der Waals surface area contributed by atoms with Crippen molar-refractivity contribution in [1.29, 1.82) is 0 Å². The van der Waals surface area contributed by atoms with Gasteiger partial charge in [0.05, 0.1) is 6.42 Å². The zero-order chi connectivity index (χ0) is 13.9. The van der Waals surface area contributed by atoms with E-state index >= 15 is 0 Å². The van der Waals surface area contributed by atoms with Gasteiger partial charge < -0.3 is 5.32 Å². The van der Waals surface area contributed by atoms with Gasteiger partial charge in [-0.05, 0) is 25.7 Å². The fourth-order valence-corrected chi connectivity index (χ4v) is 3.51. The number of piperazine rings is 1. The van der Waals surface area contributed by atoms with Crippen LogP contribution in [0.2, 0.25) is 0 Å². The molecule has 2 atom stereocenters. The highest BCUT2D eigenvalue weighted by molar-refractivity contribution is 4.89. The zero-order valence-electron chi connectivity index (χ0n) is 11.7. The molecule has 1 saturated heterocycles. The van der Waals surface area contributed by atoms with Crippen LogP contribution < -0.4 is 5.32 Å². The topological polar surface area (TPSA) is 15.3 Å². The minimum atomic E-state index is -4.04. The molecule has 2 aliphatic rings. The Morgan fingerprint density at radius 1 is 1.16 bits per heavy atom. The standard InChI is InChI=1S/C14H25F3N2/c1-11-10-19(8-7-14(15,16)17)13(9-18-11)12-5-3-2-4-6-12/h11-13,18H,2-10H2,1H3. The van der Waals surface area contributed by atoms with Gasteiger partial charge >= 0.3 is 6.18 Å². The fourth-order valence-electron chi connectivity index (χ4n) is 3.51. The van der Waals surface area contributed by atoms with Gasteiger partial charge in [-0.25, -0.2) is 0 Å². The lowest BCUT2D eigenvalue weighted by molar-refractivity contribution is -0.140. The molecule has 0 aromatic heterocycles. The molecule has 19 heavy (non-hydrogen) atoms. The molecule has 112 valence electrons. The van der Waals surface area contributed by atoms with Crippen LogP contribution >= 0.6 is 0 Å². The molecule has 2 fully saturated rings. The summed E-state index contributed by atoms with van der Waals surface area (Å²) in [4.78, 5) is 2.09. The molecule has 0 spiro atoms. The maximum absolute atomic E-state index is 12.4. The number of hydrogen-bond acceptors (Lipinski definition) is 2. The normalized spacial score (nSPS) is 31.6. The third-order valence-corrected chi connectivity index (χ3v) is 4.53.